The van der Waals surface area contributed by atoms with E-state index in [0.29, 0.717) is 19.3 Å². The minimum Gasteiger partial charge on any atom is -0.467 e. The third kappa shape index (κ3) is 2.91. The maximum absolute atomic E-state index is 12.6. The van der Waals surface area contributed by atoms with Crippen LogP contribution in [0.1, 0.15) is 38.5 Å². The highest BCUT2D eigenvalue weighted by Crippen LogP contribution is 2.40. The number of carbonyl (C=O) groups excluding carboxylic acids is 2. The highest BCUT2D eigenvalue weighted by atomic mass is 19.4. The van der Waals surface area contributed by atoms with Gasteiger partial charge in [-0.2, -0.15) is 13.2 Å². The average Bonchev–Trinajstić information content (AvgIpc) is 2.79. The topological polar surface area (TPSA) is 46.6 Å². The Morgan fingerprint density at radius 1 is 1.20 bits per heavy atom. The summed E-state index contributed by atoms with van der Waals surface area (Å²) < 4.78 is 42.5. The number of ether oxygens (including phenoxy) is 1. The van der Waals surface area contributed by atoms with E-state index in [9.17, 15) is 22.8 Å². The standard InChI is InChI=1S/C13H18F3NO3/c1-20-12(19)10-6-7-11(18)17(10)9-4-2-8(3-5-9)13(14,15)16/h8-10H,2-7H2,1H3. The quantitative estimate of drug-likeness (QED) is 0.734. The van der Waals surface area contributed by atoms with Crippen LogP contribution in [0.15, 0.2) is 0 Å². The second kappa shape index (κ2) is 5.61. The number of alkyl halides is 3. The molecule has 0 aromatic carbocycles. The highest BCUT2D eigenvalue weighted by Gasteiger charge is 2.46. The lowest BCUT2D eigenvalue weighted by molar-refractivity contribution is -0.185. The first-order valence-electron chi connectivity index (χ1n) is 6.80. The van der Waals surface area contributed by atoms with Crippen LogP contribution in [0.25, 0.3) is 0 Å². The van der Waals surface area contributed by atoms with Gasteiger partial charge in [0.05, 0.1) is 13.0 Å². The van der Waals surface area contributed by atoms with Crippen LogP contribution in [0.3, 0.4) is 0 Å². The molecule has 114 valence electrons. The molecule has 1 aliphatic carbocycles. The molecular formula is C13H18F3NO3. The Labute approximate surface area is 115 Å². The molecule has 0 bridgehead atoms. The minimum absolute atomic E-state index is 0.0197. The summed E-state index contributed by atoms with van der Waals surface area (Å²) in [7, 11) is 1.25. The summed E-state index contributed by atoms with van der Waals surface area (Å²) in [5, 5.41) is 0. The predicted molar refractivity (Wildman–Crippen MR) is 63.7 cm³/mol. The number of likely N-dealkylation sites (tertiary alicyclic amines) is 1. The first-order chi connectivity index (χ1) is 9.34. The number of nitrogens with zero attached hydrogens (tertiary/aromatic N) is 1. The monoisotopic (exact) mass is 293 g/mol. The van der Waals surface area contributed by atoms with Crippen molar-refractivity contribution in [3.8, 4) is 0 Å². The predicted octanol–water partition coefficient (Wildman–Crippen LogP) is 2.27. The van der Waals surface area contributed by atoms with E-state index in [1.54, 1.807) is 0 Å². The second-order valence-corrected chi connectivity index (χ2v) is 5.43. The molecule has 1 aliphatic heterocycles. The van der Waals surface area contributed by atoms with Gasteiger partial charge >= 0.3 is 12.1 Å². The summed E-state index contributed by atoms with van der Waals surface area (Å²) in [5.74, 6) is -1.92. The van der Waals surface area contributed by atoms with Crippen LogP contribution < -0.4 is 0 Å². The molecule has 1 atom stereocenters. The SMILES string of the molecule is COC(=O)C1CCC(=O)N1C1CCC(C(F)(F)F)CC1. The van der Waals surface area contributed by atoms with Crippen molar-refractivity contribution < 1.29 is 27.5 Å². The van der Waals surface area contributed by atoms with Crippen molar-refractivity contribution in [3.63, 3.8) is 0 Å². The van der Waals surface area contributed by atoms with Gasteiger partial charge in [-0.1, -0.05) is 0 Å². The lowest BCUT2D eigenvalue weighted by atomic mass is 9.84. The van der Waals surface area contributed by atoms with Crippen LogP contribution in [0.4, 0.5) is 13.2 Å². The highest BCUT2D eigenvalue weighted by molar-refractivity contribution is 5.88. The molecular weight excluding hydrogens is 275 g/mol. The maximum atomic E-state index is 12.6. The Morgan fingerprint density at radius 3 is 2.30 bits per heavy atom. The number of methoxy groups -OCH3 is 1. The Kier molecular flexibility index (Phi) is 4.25. The van der Waals surface area contributed by atoms with Gasteiger partial charge in [-0.15, -0.1) is 0 Å². The molecule has 1 heterocycles. The molecule has 7 heteroatoms. The molecule has 1 amide bonds. The van der Waals surface area contributed by atoms with E-state index in [4.69, 9.17) is 0 Å². The summed E-state index contributed by atoms with van der Waals surface area (Å²) in [6.45, 7) is 0. The number of amides is 1. The summed E-state index contributed by atoms with van der Waals surface area (Å²) in [6, 6.07) is -0.896. The summed E-state index contributed by atoms with van der Waals surface area (Å²) in [5.41, 5.74) is 0. The fraction of sp³-hybridized carbons (Fsp3) is 0.846. The third-order valence-electron chi connectivity index (χ3n) is 4.28. The number of carbonyl (C=O) groups is 2. The molecule has 0 spiro atoms. The third-order valence-corrected chi connectivity index (χ3v) is 4.28. The molecule has 1 saturated heterocycles. The van der Waals surface area contributed by atoms with Gasteiger partial charge in [-0.3, -0.25) is 4.79 Å². The van der Waals surface area contributed by atoms with Crippen molar-refractivity contribution in [1.29, 1.82) is 0 Å². The Balaban J connectivity index is 2.01. The summed E-state index contributed by atoms with van der Waals surface area (Å²) in [4.78, 5) is 25.0. The van der Waals surface area contributed by atoms with Crippen molar-refractivity contribution >= 4 is 11.9 Å². The van der Waals surface area contributed by atoms with Crippen LogP contribution in [0, 0.1) is 5.92 Å². The average molecular weight is 293 g/mol. The van der Waals surface area contributed by atoms with Crippen LogP contribution >= 0.6 is 0 Å². The van der Waals surface area contributed by atoms with E-state index in [-0.39, 0.29) is 31.2 Å². The Morgan fingerprint density at radius 2 is 1.80 bits per heavy atom. The van der Waals surface area contributed by atoms with Crippen LogP contribution in [0.5, 0.6) is 0 Å². The number of hydrogen-bond donors (Lipinski definition) is 0. The van der Waals surface area contributed by atoms with E-state index in [0.717, 1.165) is 0 Å². The smallest absolute Gasteiger partial charge is 0.391 e. The van der Waals surface area contributed by atoms with Gasteiger partial charge in [0.1, 0.15) is 6.04 Å². The zero-order valence-electron chi connectivity index (χ0n) is 11.3. The van der Waals surface area contributed by atoms with E-state index < -0.39 is 24.1 Å². The molecule has 0 N–H and O–H groups in total. The first-order valence-corrected chi connectivity index (χ1v) is 6.80. The van der Waals surface area contributed by atoms with Crippen LogP contribution in [-0.2, 0) is 14.3 Å². The van der Waals surface area contributed by atoms with Gasteiger partial charge in [-0.25, -0.2) is 4.79 Å². The van der Waals surface area contributed by atoms with Gasteiger partial charge in [0.2, 0.25) is 5.91 Å². The molecule has 0 aromatic heterocycles. The van der Waals surface area contributed by atoms with Gasteiger partial charge in [0, 0.05) is 12.5 Å². The number of hydrogen-bond acceptors (Lipinski definition) is 3. The summed E-state index contributed by atoms with van der Waals surface area (Å²) >= 11 is 0. The number of halogens is 3. The second-order valence-electron chi connectivity index (χ2n) is 5.43. The van der Waals surface area contributed by atoms with Crippen molar-refractivity contribution in [3.05, 3.63) is 0 Å². The van der Waals surface area contributed by atoms with E-state index in [1.165, 1.54) is 12.0 Å². The number of esters is 1. The maximum Gasteiger partial charge on any atom is 0.391 e. The molecule has 1 saturated carbocycles. The van der Waals surface area contributed by atoms with E-state index in [2.05, 4.69) is 4.74 Å². The van der Waals surface area contributed by atoms with E-state index >= 15 is 0 Å². The van der Waals surface area contributed by atoms with Crippen molar-refractivity contribution in [1.82, 2.24) is 4.90 Å². The Hall–Kier alpha value is -1.27. The first kappa shape index (κ1) is 15.1. The fourth-order valence-corrected chi connectivity index (χ4v) is 3.21. The van der Waals surface area contributed by atoms with Gasteiger partial charge in [0.25, 0.3) is 0 Å². The van der Waals surface area contributed by atoms with Crippen molar-refractivity contribution in [2.24, 2.45) is 5.92 Å². The molecule has 2 aliphatic rings. The van der Waals surface area contributed by atoms with Gasteiger partial charge < -0.3 is 9.64 Å². The number of rotatable bonds is 2. The minimum atomic E-state index is -4.16. The normalized spacial score (nSPS) is 31.5. The van der Waals surface area contributed by atoms with Crippen molar-refractivity contribution in [2.75, 3.05) is 7.11 Å². The largest absolute Gasteiger partial charge is 0.467 e. The fourth-order valence-electron chi connectivity index (χ4n) is 3.21. The molecule has 4 nitrogen and oxygen atoms in total. The molecule has 2 fully saturated rings. The van der Waals surface area contributed by atoms with Gasteiger partial charge in [0.15, 0.2) is 0 Å². The zero-order chi connectivity index (χ0) is 14.9. The molecule has 0 aromatic rings. The molecule has 20 heavy (non-hydrogen) atoms. The van der Waals surface area contributed by atoms with Crippen molar-refractivity contribution in [2.45, 2.75) is 56.8 Å². The lowest BCUT2D eigenvalue weighted by Crippen LogP contribution is -2.48. The van der Waals surface area contributed by atoms with Gasteiger partial charge in [-0.05, 0) is 32.1 Å². The zero-order valence-corrected chi connectivity index (χ0v) is 11.3. The lowest BCUT2D eigenvalue weighted by Gasteiger charge is -2.37. The van der Waals surface area contributed by atoms with E-state index in [1.807, 2.05) is 0 Å². The van der Waals surface area contributed by atoms with Crippen LogP contribution in [-0.4, -0.2) is 42.1 Å². The molecule has 1 unspecified atom stereocenters. The molecule has 2 rings (SSSR count). The Bertz CT molecular complexity index is 389. The summed E-state index contributed by atoms with van der Waals surface area (Å²) in [6.07, 6.45) is -2.88. The van der Waals surface area contributed by atoms with Crippen LogP contribution in [0.2, 0.25) is 0 Å². The molecule has 0 radical (unpaired) electrons.